The highest BCUT2D eigenvalue weighted by molar-refractivity contribution is 5.87. The first-order valence-corrected chi connectivity index (χ1v) is 12.3. The Morgan fingerprint density at radius 1 is 0.756 bits per heavy atom. The quantitative estimate of drug-likeness (QED) is 0.352. The summed E-state index contributed by atoms with van der Waals surface area (Å²) >= 11 is 0. The normalized spacial score (nSPS) is 17.7. The largest absolute Gasteiger partial charge is 0.490 e. The van der Waals surface area contributed by atoms with E-state index in [0.717, 1.165) is 44.5 Å². The molecule has 0 aliphatic carbocycles. The van der Waals surface area contributed by atoms with Crippen LogP contribution in [-0.2, 0) is 25.7 Å². The maximum atomic E-state index is 12.5. The number of carbonyl (C=O) groups is 4. The van der Waals surface area contributed by atoms with Gasteiger partial charge in [0.1, 0.15) is 0 Å². The van der Waals surface area contributed by atoms with Crippen LogP contribution >= 0.6 is 0 Å². The fraction of sp³-hybridized carbons (Fsp3) is 0.440. The van der Waals surface area contributed by atoms with E-state index >= 15 is 0 Å². The molecule has 250 valence electrons. The summed E-state index contributed by atoms with van der Waals surface area (Å²) in [5.74, 6) is -8.13. The van der Waals surface area contributed by atoms with E-state index in [0.29, 0.717) is 0 Å². The summed E-state index contributed by atoms with van der Waals surface area (Å²) in [6.45, 7) is 3.00. The molecule has 1 spiro atoms. The summed E-state index contributed by atoms with van der Waals surface area (Å²) in [5.41, 5.74) is 2.35. The van der Waals surface area contributed by atoms with Crippen LogP contribution < -0.4 is 5.32 Å². The van der Waals surface area contributed by atoms with Crippen LogP contribution in [0.1, 0.15) is 36.3 Å². The molecule has 2 aromatic heterocycles. The molecule has 45 heavy (non-hydrogen) atoms. The Kier molecular flexibility index (Phi) is 13.7. The van der Waals surface area contributed by atoms with Crippen molar-refractivity contribution >= 4 is 23.8 Å². The molecule has 1 amide bonds. The molecule has 2 saturated heterocycles. The minimum atomic E-state index is -5.08. The fourth-order valence-electron chi connectivity index (χ4n) is 3.96. The van der Waals surface area contributed by atoms with Crippen LogP contribution in [0, 0.1) is 0 Å². The molecule has 1 unspecified atom stereocenters. The summed E-state index contributed by atoms with van der Waals surface area (Å²) in [6, 6.07) is 8.06. The van der Waals surface area contributed by atoms with Gasteiger partial charge in [0.05, 0.1) is 5.92 Å². The predicted octanol–water partition coefficient (Wildman–Crippen LogP) is 4.01. The number of nitrogens with one attached hydrogen (secondary N) is 1. The van der Waals surface area contributed by atoms with E-state index in [-0.39, 0.29) is 17.4 Å². The topological polar surface area (TPSA) is 170 Å². The Morgan fingerprint density at radius 3 is 1.47 bits per heavy atom. The fourth-order valence-corrected chi connectivity index (χ4v) is 3.96. The molecule has 0 radical (unpaired) electrons. The summed E-state index contributed by atoms with van der Waals surface area (Å²) in [4.78, 5) is 49.7. The molecule has 11 nitrogen and oxygen atoms in total. The molecule has 1 atom stereocenters. The van der Waals surface area contributed by atoms with Gasteiger partial charge >= 0.3 is 36.4 Å². The second-order valence-electron chi connectivity index (χ2n) is 9.35. The van der Waals surface area contributed by atoms with Crippen molar-refractivity contribution < 1.29 is 74.0 Å². The van der Waals surface area contributed by atoms with Crippen LogP contribution in [0.2, 0.25) is 0 Å². The van der Waals surface area contributed by atoms with E-state index < -0.39 is 36.4 Å². The second kappa shape index (κ2) is 16.0. The molecule has 0 saturated carbocycles. The third-order valence-corrected chi connectivity index (χ3v) is 6.10. The van der Waals surface area contributed by atoms with Gasteiger partial charge in [0.2, 0.25) is 5.91 Å². The zero-order valence-electron chi connectivity index (χ0n) is 22.7. The smallest absolute Gasteiger partial charge is 0.475 e. The van der Waals surface area contributed by atoms with Crippen LogP contribution in [0.3, 0.4) is 0 Å². The Labute approximate surface area is 247 Å². The van der Waals surface area contributed by atoms with Gasteiger partial charge in [0, 0.05) is 50.0 Å². The highest BCUT2D eigenvalue weighted by Gasteiger charge is 2.46. The monoisotopic (exact) mass is 664 g/mol. The molecule has 2 aliphatic heterocycles. The van der Waals surface area contributed by atoms with Gasteiger partial charge in [-0.25, -0.2) is 14.4 Å². The standard InChI is InChI=1S/C19H22N4O.3C2HF3O2/c24-18-17(16-3-9-21-10-4-16)13-19(22-18)5-11-23(12-6-19)14-15-1-7-20-8-2-15;3*3-2(4,5)1(6)7/h1-4,7-10,17H,5-6,11-14H2,(H,22,24);3*(H,6,7). The molecule has 4 rings (SSSR count). The van der Waals surface area contributed by atoms with Crippen LogP contribution in [-0.4, -0.2) is 91.2 Å². The number of aliphatic carboxylic acids is 3. The van der Waals surface area contributed by atoms with E-state index in [4.69, 9.17) is 29.7 Å². The molecule has 2 fully saturated rings. The van der Waals surface area contributed by atoms with E-state index in [9.17, 15) is 44.3 Å². The van der Waals surface area contributed by atoms with E-state index in [1.807, 2.05) is 24.5 Å². The first kappa shape index (κ1) is 38.5. The molecular weight excluding hydrogens is 639 g/mol. The molecule has 20 heteroatoms. The van der Waals surface area contributed by atoms with Crippen LogP contribution in [0.15, 0.2) is 49.1 Å². The van der Waals surface area contributed by atoms with Crippen molar-refractivity contribution in [2.75, 3.05) is 13.1 Å². The van der Waals surface area contributed by atoms with Gasteiger partial charge in [-0.3, -0.25) is 19.7 Å². The highest BCUT2D eigenvalue weighted by atomic mass is 19.4. The van der Waals surface area contributed by atoms with Crippen molar-refractivity contribution in [3.05, 3.63) is 60.2 Å². The Hall–Kier alpha value is -4.49. The van der Waals surface area contributed by atoms with Gasteiger partial charge < -0.3 is 20.6 Å². The molecule has 4 heterocycles. The van der Waals surface area contributed by atoms with Crippen molar-refractivity contribution in [2.24, 2.45) is 0 Å². The first-order chi connectivity index (χ1) is 20.6. The summed E-state index contributed by atoms with van der Waals surface area (Å²) in [6.07, 6.45) is -5.08. The number of rotatable bonds is 3. The van der Waals surface area contributed by atoms with Crippen molar-refractivity contribution in [3.63, 3.8) is 0 Å². The van der Waals surface area contributed by atoms with Gasteiger partial charge in [0.25, 0.3) is 0 Å². The number of carboxylic acid groups (broad SMARTS) is 3. The zero-order valence-corrected chi connectivity index (χ0v) is 22.7. The molecule has 0 bridgehead atoms. The number of hydrogen-bond acceptors (Lipinski definition) is 7. The number of likely N-dealkylation sites (tertiary alicyclic amines) is 1. The SMILES string of the molecule is O=C(O)C(F)(F)F.O=C(O)C(F)(F)F.O=C(O)C(F)(F)F.O=C1NC2(CCN(Cc3ccncc3)CC2)CC1c1ccncc1. The number of carboxylic acids is 3. The van der Waals surface area contributed by atoms with E-state index in [1.165, 1.54) is 5.56 Å². The minimum absolute atomic E-state index is 0.0280. The summed E-state index contributed by atoms with van der Waals surface area (Å²) in [5, 5.41) is 24.7. The second-order valence-corrected chi connectivity index (χ2v) is 9.35. The Balaban J connectivity index is 0.000000396. The van der Waals surface area contributed by atoms with Gasteiger partial charge in [0.15, 0.2) is 0 Å². The van der Waals surface area contributed by atoms with Gasteiger partial charge in [-0.15, -0.1) is 0 Å². The number of carbonyl (C=O) groups excluding carboxylic acids is 1. The average Bonchev–Trinajstić information content (AvgIpc) is 3.26. The first-order valence-electron chi connectivity index (χ1n) is 12.3. The van der Waals surface area contributed by atoms with Gasteiger partial charge in [-0.2, -0.15) is 39.5 Å². The maximum absolute atomic E-state index is 12.5. The number of hydrogen-bond donors (Lipinski definition) is 4. The Morgan fingerprint density at radius 2 is 1.11 bits per heavy atom. The predicted molar refractivity (Wildman–Crippen MR) is 132 cm³/mol. The van der Waals surface area contributed by atoms with Gasteiger partial charge in [-0.1, -0.05) is 0 Å². The average molecular weight is 664 g/mol. The minimum Gasteiger partial charge on any atom is -0.475 e. The van der Waals surface area contributed by atoms with Crippen molar-refractivity contribution in [3.8, 4) is 0 Å². The van der Waals surface area contributed by atoms with Crippen LogP contribution in [0.4, 0.5) is 39.5 Å². The van der Waals surface area contributed by atoms with Crippen molar-refractivity contribution in [2.45, 2.75) is 55.8 Å². The third-order valence-electron chi connectivity index (χ3n) is 6.10. The zero-order chi connectivity index (χ0) is 34.6. The maximum Gasteiger partial charge on any atom is 0.490 e. The van der Waals surface area contributed by atoms with Crippen molar-refractivity contribution in [1.82, 2.24) is 20.2 Å². The molecule has 4 N–H and O–H groups in total. The van der Waals surface area contributed by atoms with Gasteiger partial charge in [-0.05, 0) is 54.7 Å². The number of nitrogens with zero attached hydrogens (tertiary/aromatic N) is 3. The van der Waals surface area contributed by atoms with Crippen LogP contribution in [0.25, 0.3) is 0 Å². The third kappa shape index (κ3) is 13.8. The Bertz CT molecular complexity index is 1210. The summed E-state index contributed by atoms with van der Waals surface area (Å²) < 4.78 is 95.2. The number of pyridine rings is 2. The molecule has 0 aromatic carbocycles. The lowest BCUT2D eigenvalue weighted by molar-refractivity contribution is -0.193. The number of piperidine rings is 1. The number of amides is 1. The molecule has 2 aliphatic rings. The van der Waals surface area contributed by atoms with Crippen molar-refractivity contribution in [1.29, 1.82) is 0 Å². The lowest BCUT2D eigenvalue weighted by atomic mass is 9.82. The highest BCUT2D eigenvalue weighted by Crippen LogP contribution is 2.39. The molecule has 2 aromatic rings. The number of alkyl halides is 9. The number of aromatic nitrogens is 2. The van der Waals surface area contributed by atoms with E-state index in [1.54, 1.807) is 12.4 Å². The summed E-state index contributed by atoms with van der Waals surface area (Å²) in [7, 11) is 0. The molecular formula is C25H25F9N4O7. The lowest BCUT2D eigenvalue weighted by Gasteiger charge is -2.39. The van der Waals surface area contributed by atoms with E-state index in [2.05, 4.69) is 32.3 Å². The number of halogens is 9. The van der Waals surface area contributed by atoms with Crippen LogP contribution in [0.5, 0.6) is 0 Å². The lowest BCUT2D eigenvalue weighted by Crippen LogP contribution is -2.50.